The van der Waals surface area contributed by atoms with Crippen LogP contribution in [0, 0.1) is 5.41 Å². The summed E-state index contributed by atoms with van der Waals surface area (Å²) in [5.41, 5.74) is 10.5. The Morgan fingerprint density at radius 1 is 1.20 bits per heavy atom. The molecule has 1 atom stereocenters. The third kappa shape index (κ3) is 7.84. The summed E-state index contributed by atoms with van der Waals surface area (Å²) in [5.74, 6) is 0.442. The zero-order chi connectivity index (χ0) is 31.1. The van der Waals surface area contributed by atoms with Crippen LogP contribution in [-0.2, 0) is 11.4 Å². The van der Waals surface area contributed by atoms with Gasteiger partial charge in [-0.2, -0.15) is 0 Å². The van der Waals surface area contributed by atoms with E-state index in [0.717, 1.165) is 52.0 Å². The third-order valence-corrected chi connectivity index (χ3v) is 7.70. The Hall–Kier alpha value is -4.21. The van der Waals surface area contributed by atoms with Crippen LogP contribution in [0.15, 0.2) is 76.5 Å². The maximum atomic E-state index is 13.7. The number of aliphatic imine (C=N–C) groups is 2. The number of amides is 1. The number of alkyl halides is 1. The fraction of sp³-hybridized carbons (Fsp3) is 0.371. The number of nitrogens with one attached hydrogen (secondary N) is 1. The van der Waals surface area contributed by atoms with Gasteiger partial charge in [-0.3, -0.25) is 24.7 Å². The van der Waals surface area contributed by atoms with Crippen LogP contribution in [0.3, 0.4) is 0 Å². The van der Waals surface area contributed by atoms with Crippen LogP contribution < -0.4 is 15.8 Å². The summed E-state index contributed by atoms with van der Waals surface area (Å²) >= 11 is 0. The lowest BCUT2D eigenvalue weighted by Crippen LogP contribution is -2.41. The van der Waals surface area contributed by atoms with Crippen LogP contribution in [-0.4, -0.2) is 66.6 Å². The van der Waals surface area contributed by atoms with Crippen LogP contribution in [0.25, 0.3) is 22.5 Å². The van der Waals surface area contributed by atoms with Crippen LogP contribution in [0.5, 0.6) is 5.75 Å². The minimum Gasteiger partial charge on any atom is -0.488 e. The first-order chi connectivity index (χ1) is 21.2. The smallest absolute Gasteiger partial charge is 0.269 e. The Kier molecular flexibility index (Phi) is 9.97. The summed E-state index contributed by atoms with van der Waals surface area (Å²) in [6, 6.07) is 16.0. The number of piperidine rings is 1. The van der Waals surface area contributed by atoms with E-state index in [1.165, 1.54) is 6.21 Å². The molecule has 3 N–H and O–H groups in total. The number of hydrogen-bond donors (Lipinski definition) is 2. The molecule has 2 aliphatic rings. The number of pyridine rings is 1. The lowest BCUT2D eigenvalue weighted by molar-refractivity contribution is -0.117. The van der Waals surface area contributed by atoms with Crippen molar-refractivity contribution in [2.24, 2.45) is 21.1 Å². The number of carbonyl (C=O) groups excluding carboxylic acids is 1. The minimum atomic E-state index is -0.800. The molecule has 8 nitrogen and oxygen atoms in total. The van der Waals surface area contributed by atoms with E-state index in [-0.39, 0.29) is 23.6 Å². The fourth-order valence-electron chi connectivity index (χ4n) is 5.30. The first-order valence-electron chi connectivity index (χ1n) is 15.2. The summed E-state index contributed by atoms with van der Waals surface area (Å²) in [5, 5.41) is 4.99. The quantitative estimate of drug-likeness (QED) is 0.222. The van der Waals surface area contributed by atoms with E-state index in [1.54, 1.807) is 12.3 Å². The van der Waals surface area contributed by atoms with Crippen molar-refractivity contribution in [2.45, 2.75) is 46.4 Å². The number of ether oxygens (including phenoxy) is 1. The molecule has 1 amide bonds. The second-order valence-electron chi connectivity index (χ2n) is 12.2. The van der Waals surface area contributed by atoms with E-state index < -0.39 is 6.17 Å². The van der Waals surface area contributed by atoms with Gasteiger partial charge in [0.2, 0.25) is 0 Å². The van der Waals surface area contributed by atoms with Crippen molar-refractivity contribution in [3.05, 3.63) is 83.3 Å². The van der Waals surface area contributed by atoms with Gasteiger partial charge in [-0.1, -0.05) is 45.0 Å². The third-order valence-electron chi connectivity index (χ3n) is 7.70. The number of benzene rings is 2. The molecule has 0 spiro atoms. The van der Waals surface area contributed by atoms with Crippen molar-refractivity contribution in [3.63, 3.8) is 0 Å². The second kappa shape index (κ2) is 14.1. The molecule has 5 rings (SSSR count). The molecule has 9 heteroatoms. The fourth-order valence-corrected chi connectivity index (χ4v) is 5.30. The molecule has 0 saturated carbocycles. The Bertz CT molecular complexity index is 1620. The Morgan fingerprint density at radius 2 is 2.00 bits per heavy atom. The van der Waals surface area contributed by atoms with Gasteiger partial charge in [0, 0.05) is 60.7 Å². The summed E-state index contributed by atoms with van der Waals surface area (Å²) in [6.07, 6.45) is 7.61. The lowest BCUT2D eigenvalue weighted by atomic mass is 9.85. The average Bonchev–Trinajstić information content (AvgIpc) is 2.97. The minimum absolute atomic E-state index is 0.0244. The molecule has 2 aliphatic heterocycles. The van der Waals surface area contributed by atoms with Gasteiger partial charge in [0.1, 0.15) is 24.2 Å². The van der Waals surface area contributed by atoms with Gasteiger partial charge < -0.3 is 15.8 Å². The zero-order valence-corrected chi connectivity index (χ0v) is 25.7. The monoisotopic (exact) mass is 596 g/mol. The molecule has 44 heavy (non-hydrogen) atoms. The van der Waals surface area contributed by atoms with E-state index >= 15 is 0 Å². The normalized spacial score (nSPS) is 17.8. The number of halogens is 1. The summed E-state index contributed by atoms with van der Waals surface area (Å²) in [7, 11) is 0. The molecule has 0 radical (unpaired) electrons. The number of fused-ring (bicyclic) bond motifs is 1. The highest BCUT2D eigenvalue weighted by Gasteiger charge is 2.25. The molecule has 1 aromatic heterocycles. The summed E-state index contributed by atoms with van der Waals surface area (Å²) in [6.45, 7) is 9.25. The standard InChI is InChI=1S/C35H41FN6O2/c1-35(2,3)33-21-30(41-33)28-10-11-32(29-9-5-4-8-27(28)29)44-23-24-12-14-38-26(19-24)20-31(39-15-13-37)34(43)40-16-18-42-17-6-7-25(36)22-42/h4-5,8-12,14-15,19-21,25H,6-7,13,16-18,22-23,37H2,1-3H3,(H,40,43)/t25-/m0/s1. The number of rotatable bonds is 11. The molecule has 3 aromatic rings. The predicted molar refractivity (Wildman–Crippen MR) is 176 cm³/mol. The van der Waals surface area contributed by atoms with Gasteiger partial charge in [-0.05, 0) is 66.8 Å². The molecular weight excluding hydrogens is 555 g/mol. The first-order valence-corrected chi connectivity index (χ1v) is 15.2. The highest BCUT2D eigenvalue weighted by atomic mass is 19.1. The molecule has 1 saturated heterocycles. The summed E-state index contributed by atoms with van der Waals surface area (Å²) < 4.78 is 20.0. The van der Waals surface area contributed by atoms with Crippen molar-refractivity contribution in [1.29, 1.82) is 0 Å². The molecule has 0 unspecified atom stereocenters. The number of aromatic nitrogens is 1. The molecular formula is C35H41FN6O2. The van der Waals surface area contributed by atoms with Gasteiger partial charge >= 0.3 is 0 Å². The SMILES string of the molecule is CC(C)(C)C1=NC(c2ccc(OCc3ccnc(C=C(N=CCN)C(=O)NCCN4CCC[C@H](F)C4)c3)c3ccccc23)=C1. The highest BCUT2D eigenvalue weighted by Crippen LogP contribution is 2.37. The van der Waals surface area contributed by atoms with E-state index in [1.807, 2.05) is 35.2 Å². The second-order valence-corrected chi connectivity index (χ2v) is 12.2. The average molecular weight is 597 g/mol. The van der Waals surface area contributed by atoms with Crippen molar-refractivity contribution in [2.75, 3.05) is 32.7 Å². The van der Waals surface area contributed by atoms with Gasteiger partial charge in [0.25, 0.3) is 5.91 Å². The Morgan fingerprint density at radius 3 is 2.75 bits per heavy atom. The largest absolute Gasteiger partial charge is 0.488 e. The maximum absolute atomic E-state index is 13.7. The van der Waals surface area contributed by atoms with Gasteiger partial charge in [-0.15, -0.1) is 0 Å². The number of carbonyl (C=O) groups is 1. The van der Waals surface area contributed by atoms with Gasteiger partial charge in [0.05, 0.1) is 11.4 Å². The van der Waals surface area contributed by atoms with Crippen molar-refractivity contribution in [1.82, 2.24) is 15.2 Å². The molecule has 0 bridgehead atoms. The van der Waals surface area contributed by atoms with Crippen molar-refractivity contribution in [3.8, 4) is 5.75 Å². The molecule has 1 fully saturated rings. The maximum Gasteiger partial charge on any atom is 0.269 e. The number of hydrogen-bond acceptors (Lipinski definition) is 7. The molecule has 0 aliphatic carbocycles. The van der Waals surface area contributed by atoms with Gasteiger partial charge in [0.15, 0.2) is 0 Å². The van der Waals surface area contributed by atoms with E-state index in [9.17, 15) is 9.18 Å². The number of nitrogens with two attached hydrogens (primary N) is 1. The summed E-state index contributed by atoms with van der Waals surface area (Å²) in [4.78, 5) is 28.5. The van der Waals surface area contributed by atoms with E-state index in [0.29, 0.717) is 38.4 Å². The van der Waals surface area contributed by atoms with E-state index in [4.69, 9.17) is 15.5 Å². The molecule has 230 valence electrons. The van der Waals surface area contributed by atoms with Crippen LogP contribution >= 0.6 is 0 Å². The van der Waals surface area contributed by atoms with Crippen molar-refractivity contribution >= 4 is 40.4 Å². The van der Waals surface area contributed by atoms with Crippen molar-refractivity contribution < 1.29 is 13.9 Å². The molecule has 2 aromatic carbocycles. The van der Waals surface area contributed by atoms with Crippen LogP contribution in [0.2, 0.25) is 0 Å². The van der Waals surface area contributed by atoms with E-state index in [2.05, 4.69) is 60.3 Å². The first kappa shape index (κ1) is 31.2. The Balaban J connectivity index is 1.26. The van der Waals surface area contributed by atoms with Crippen LogP contribution in [0.4, 0.5) is 4.39 Å². The molecule has 3 heterocycles. The van der Waals surface area contributed by atoms with Crippen LogP contribution in [0.1, 0.15) is 50.4 Å². The number of likely N-dealkylation sites (tertiary alicyclic amines) is 1. The Labute approximate surface area is 258 Å². The zero-order valence-electron chi connectivity index (χ0n) is 25.7. The topological polar surface area (TPSA) is 105 Å². The predicted octanol–water partition coefficient (Wildman–Crippen LogP) is 5.58. The number of allylic oxidation sites excluding steroid dienone is 1. The number of nitrogens with zero attached hydrogens (tertiary/aromatic N) is 4. The van der Waals surface area contributed by atoms with Gasteiger partial charge in [-0.25, -0.2) is 4.39 Å². The lowest BCUT2D eigenvalue weighted by Gasteiger charge is -2.28. The highest BCUT2D eigenvalue weighted by molar-refractivity contribution is 6.15.